The van der Waals surface area contributed by atoms with Crippen molar-refractivity contribution in [1.29, 1.82) is 0 Å². The van der Waals surface area contributed by atoms with Crippen molar-refractivity contribution >= 4 is 31.5 Å². The van der Waals surface area contributed by atoms with Crippen LogP contribution in [0.25, 0.3) is 0 Å². The molecule has 19 heavy (non-hydrogen) atoms. The van der Waals surface area contributed by atoms with Gasteiger partial charge in [-0.15, -0.1) is 0 Å². The molecule has 100 valence electrons. The monoisotopic (exact) mass is 339 g/mol. The van der Waals surface area contributed by atoms with Crippen molar-refractivity contribution in [2.75, 3.05) is 5.73 Å². The number of nitrogen functional groups attached to an aromatic ring is 1. The maximum Gasteiger partial charge on any atom is 0.184 e. The Labute approximate surface area is 121 Å². The summed E-state index contributed by atoms with van der Waals surface area (Å²) in [4.78, 5) is 0.201. The van der Waals surface area contributed by atoms with Gasteiger partial charge in [0, 0.05) is 4.47 Å². The lowest BCUT2D eigenvalue weighted by Gasteiger charge is -2.09. The summed E-state index contributed by atoms with van der Waals surface area (Å²) in [5.74, 6) is -0.0555. The molecule has 0 saturated heterocycles. The number of benzene rings is 2. The van der Waals surface area contributed by atoms with Gasteiger partial charge >= 0.3 is 0 Å². The lowest BCUT2D eigenvalue weighted by Crippen LogP contribution is -2.08. The van der Waals surface area contributed by atoms with E-state index >= 15 is 0 Å². The zero-order valence-electron chi connectivity index (χ0n) is 10.4. The predicted molar refractivity (Wildman–Crippen MR) is 80.6 cm³/mol. The van der Waals surface area contributed by atoms with Crippen molar-refractivity contribution in [1.82, 2.24) is 0 Å². The number of hydrogen-bond acceptors (Lipinski definition) is 3. The highest BCUT2D eigenvalue weighted by atomic mass is 79.9. The molecule has 0 saturated carbocycles. The third-order valence-electron chi connectivity index (χ3n) is 2.86. The van der Waals surface area contributed by atoms with E-state index in [-0.39, 0.29) is 10.6 Å². The molecule has 0 aliphatic heterocycles. The fourth-order valence-corrected chi connectivity index (χ4v) is 3.85. The number of nitrogens with two attached hydrogens (primary N) is 1. The molecular weight excluding hydrogens is 326 g/mol. The molecule has 2 rings (SSSR count). The summed E-state index contributed by atoms with van der Waals surface area (Å²) < 4.78 is 25.6. The van der Waals surface area contributed by atoms with Crippen LogP contribution in [0.4, 0.5) is 5.69 Å². The molecule has 0 aliphatic carbocycles. The van der Waals surface area contributed by atoms with Gasteiger partial charge in [0.25, 0.3) is 0 Å². The van der Waals surface area contributed by atoms with Crippen LogP contribution in [0, 0.1) is 6.92 Å². The van der Waals surface area contributed by atoms with Crippen molar-refractivity contribution < 1.29 is 8.42 Å². The van der Waals surface area contributed by atoms with E-state index < -0.39 is 9.84 Å². The molecule has 0 spiro atoms. The summed E-state index contributed by atoms with van der Waals surface area (Å²) in [6.45, 7) is 1.80. The standard InChI is InChI=1S/C14H14BrNO2S/c1-10-4-2-7-13(14(10)16)19(17,18)9-11-5-3-6-12(15)8-11/h2-8H,9,16H2,1H3. The summed E-state index contributed by atoms with van der Waals surface area (Å²) >= 11 is 3.33. The van der Waals surface area contributed by atoms with E-state index in [1.54, 1.807) is 37.3 Å². The van der Waals surface area contributed by atoms with Gasteiger partial charge in [-0.2, -0.15) is 0 Å². The molecule has 2 N–H and O–H groups in total. The Morgan fingerprint density at radius 2 is 1.84 bits per heavy atom. The van der Waals surface area contributed by atoms with E-state index in [9.17, 15) is 8.42 Å². The normalized spacial score (nSPS) is 11.5. The summed E-state index contributed by atoms with van der Waals surface area (Å²) in [5.41, 5.74) is 7.70. The summed E-state index contributed by atoms with van der Waals surface area (Å²) in [5, 5.41) is 0. The molecule has 3 nitrogen and oxygen atoms in total. The van der Waals surface area contributed by atoms with Crippen LogP contribution in [-0.2, 0) is 15.6 Å². The SMILES string of the molecule is Cc1cccc(S(=O)(=O)Cc2cccc(Br)c2)c1N. The Hall–Kier alpha value is -1.33. The summed E-state index contributed by atoms with van der Waals surface area (Å²) in [7, 11) is -3.43. The lowest BCUT2D eigenvalue weighted by molar-refractivity contribution is 0.595. The molecule has 5 heteroatoms. The fraction of sp³-hybridized carbons (Fsp3) is 0.143. The van der Waals surface area contributed by atoms with Crippen LogP contribution in [0.3, 0.4) is 0 Å². The molecule has 0 fully saturated rings. The molecule has 0 atom stereocenters. The molecule has 2 aromatic carbocycles. The van der Waals surface area contributed by atoms with E-state index in [4.69, 9.17) is 5.73 Å². The largest absolute Gasteiger partial charge is 0.397 e. The second-order valence-corrected chi connectivity index (χ2v) is 7.25. The first kappa shape index (κ1) is 14.1. The highest BCUT2D eigenvalue weighted by Crippen LogP contribution is 2.25. The van der Waals surface area contributed by atoms with Crippen molar-refractivity contribution in [2.24, 2.45) is 0 Å². The van der Waals surface area contributed by atoms with Crippen molar-refractivity contribution in [3.63, 3.8) is 0 Å². The molecule has 0 aliphatic rings. The number of sulfone groups is 1. The van der Waals surface area contributed by atoms with E-state index in [2.05, 4.69) is 15.9 Å². The first-order chi connectivity index (χ1) is 8.90. The van der Waals surface area contributed by atoms with Crippen molar-refractivity contribution in [3.05, 3.63) is 58.1 Å². The maximum atomic E-state index is 12.4. The van der Waals surface area contributed by atoms with Crippen LogP contribution in [0.15, 0.2) is 51.8 Å². The smallest absolute Gasteiger partial charge is 0.184 e. The number of hydrogen-bond donors (Lipinski definition) is 1. The van der Waals surface area contributed by atoms with Gasteiger partial charge in [0.1, 0.15) is 0 Å². The molecule has 0 bridgehead atoms. The average molecular weight is 340 g/mol. The van der Waals surface area contributed by atoms with Crippen LogP contribution in [0.2, 0.25) is 0 Å². The van der Waals surface area contributed by atoms with Gasteiger partial charge < -0.3 is 5.73 Å². The fourth-order valence-electron chi connectivity index (χ4n) is 1.85. The Bertz CT molecular complexity index is 711. The highest BCUT2D eigenvalue weighted by Gasteiger charge is 2.19. The van der Waals surface area contributed by atoms with Crippen molar-refractivity contribution in [2.45, 2.75) is 17.6 Å². The molecule has 0 radical (unpaired) electrons. The van der Waals surface area contributed by atoms with E-state index in [1.165, 1.54) is 0 Å². The zero-order valence-corrected chi connectivity index (χ0v) is 12.8. The topological polar surface area (TPSA) is 60.2 Å². The van der Waals surface area contributed by atoms with Gasteiger partial charge in [0.2, 0.25) is 0 Å². The number of aryl methyl sites for hydroxylation is 1. The Morgan fingerprint density at radius 3 is 2.53 bits per heavy atom. The summed E-state index contributed by atoms with van der Waals surface area (Å²) in [6, 6.07) is 12.3. The third-order valence-corrected chi connectivity index (χ3v) is 5.10. The molecule has 0 unspecified atom stereocenters. The number of rotatable bonds is 3. The Morgan fingerprint density at radius 1 is 1.16 bits per heavy atom. The molecule has 0 heterocycles. The second kappa shape index (κ2) is 5.35. The van der Waals surface area contributed by atoms with E-state index in [0.717, 1.165) is 15.6 Å². The summed E-state index contributed by atoms with van der Waals surface area (Å²) in [6.07, 6.45) is 0. The van der Waals surface area contributed by atoms with Crippen LogP contribution in [0.5, 0.6) is 0 Å². The zero-order chi connectivity index (χ0) is 14.0. The first-order valence-corrected chi connectivity index (χ1v) is 8.17. The van der Waals surface area contributed by atoms with Gasteiger partial charge in [-0.05, 0) is 36.2 Å². The van der Waals surface area contributed by atoms with Crippen LogP contribution >= 0.6 is 15.9 Å². The van der Waals surface area contributed by atoms with Gasteiger partial charge in [-0.25, -0.2) is 8.42 Å². The van der Waals surface area contributed by atoms with Gasteiger partial charge in [-0.3, -0.25) is 0 Å². The van der Waals surface area contributed by atoms with Crippen LogP contribution in [0.1, 0.15) is 11.1 Å². The molecule has 0 amide bonds. The molecular formula is C14H14BrNO2S. The van der Waals surface area contributed by atoms with E-state index in [1.807, 2.05) is 12.1 Å². The van der Waals surface area contributed by atoms with Gasteiger partial charge in [0.05, 0.1) is 16.3 Å². The second-order valence-electron chi connectivity index (χ2n) is 4.38. The highest BCUT2D eigenvalue weighted by molar-refractivity contribution is 9.10. The maximum absolute atomic E-state index is 12.4. The van der Waals surface area contributed by atoms with Gasteiger partial charge in [0.15, 0.2) is 9.84 Å². The van der Waals surface area contributed by atoms with Gasteiger partial charge in [-0.1, -0.05) is 40.2 Å². The molecule has 2 aromatic rings. The minimum Gasteiger partial charge on any atom is -0.397 e. The van der Waals surface area contributed by atoms with E-state index in [0.29, 0.717) is 5.69 Å². The average Bonchev–Trinajstić information content (AvgIpc) is 2.32. The minimum atomic E-state index is -3.43. The molecule has 0 aromatic heterocycles. The third kappa shape index (κ3) is 3.16. The van der Waals surface area contributed by atoms with Crippen LogP contribution < -0.4 is 5.73 Å². The predicted octanol–water partition coefficient (Wildman–Crippen LogP) is 3.31. The number of halogens is 1. The van der Waals surface area contributed by atoms with Crippen LogP contribution in [-0.4, -0.2) is 8.42 Å². The first-order valence-electron chi connectivity index (χ1n) is 5.72. The lowest BCUT2D eigenvalue weighted by atomic mass is 10.2. The number of para-hydroxylation sites is 1. The minimum absolute atomic E-state index is 0.0555. The van der Waals surface area contributed by atoms with Crippen molar-refractivity contribution in [3.8, 4) is 0 Å². The Kier molecular flexibility index (Phi) is 3.96. The number of anilines is 1. The quantitative estimate of drug-likeness (QED) is 0.872. The Balaban J connectivity index is 2.41.